The third kappa shape index (κ3) is 3.54. The summed E-state index contributed by atoms with van der Waals surface area (Å²) < 4.78 is 1.81. The topological polar surface area (TPSA) is 102 Å². The molecule has 0 radical (unpaired) electrons. The number of carbonyl (C=O) groups is 1. The summed E-state index contributed by atoms with van der Waals surface area (Å²) in [5.41, 5.74) is 2.56. The highest BCUT2D eigenvalue weighted by Crippen LogP contribution is 2.57. The van der Waals surface area contributed by atoms with Crippen LogP contribution < -0.4 is 4.90 Å². The Morgan fingerprint density at radius 2 is 2.06 bits per heavy atom. The predicted molar refractivity (Wildman–Crippen MR) is 118 cm³/mol. The molecule has 2 saturated heterocycles. The van der Waals surface area contributed by atoms with Crippen molar-refractivity contribution >= 4 is 11.7 Å². The van der Waals surface area contributed by atoms with Crippen LogP contribution in [0.25, 0.3) is 11.4 Å². The van der Waals surface area contributed by atoms with Gasteiger partial charge in [-0.25, -0.2) is 15.0 Å². The van der Waals surface area contributed by atoms with Crippen molar-refractivity contribution in [1.29, 1.82) is 0 Å². The summed E-state index contributed by atoms with van der Waals surface area (Å²) in [6.07, 6.45) is 12.0. The third-order valence-electron chi connectivity index (χ3n) is 7.23. The number of aryl methyl sites for hydroxylation is 1. The number of hydroxylamine groups is 2. The van der Waals surface area contributed by atoms with Crippen molar-refractivity contribution in [3.8, 4) is 11.4 Å². The van der Waals surface area contributed by atoms with E-state index in [4.69, 9.17) is 4.84 Å². The van der Waals surface area contributed by atoms with Gasteiger partial charge in [0.2, 0.25) is 0 Å². The van der Waals surface area contributed by atoms with Crippen LogP contribution in [0.1, 0.15) is 37.4 Å². The lowest BCUT2D eigenvalue weighted by Gasteiger charge is -2.40. The molecule has 0 aromatic carbocycles. The average molecular weight is 447 g/mol. The lowest BCUT2D eigenvalue weighted by atomic mass is 9.81. The van der Waals surface area contributed by atoms with Crippen molar-refractivity contribution in [2.24, 2.45) is 18.4 Å². The highest BCUT2D eigenvalue weighted by Gasteiger charge is 2.57. The molecule has 5 heterocycles. The first-order chi connectivity index (χ1) is 16.1. The summed E-state index contributed by atoms with van der Waals surface area (Å²) >= 11 is 0. The first-order valence-corrected chi connectivity index (χ1v) is 11.4. The highest BCUT2D eigenvalue weighted by atomic mass is 16.7. The van der Waals surface area contributed by atoms with Gasteiger partial charge in [0.25, 0.3) is 5.91 Å². The van der Waals surface area contributed by atoms with E-state index in [0.717, 1.165) is 61.7 Å². The summed E-state index contributed by atoms with van der Waals surface area (Å²) in [5, 5.41) is 5.82. The van der Waals surface area contributed by atoms with Gasteiger partial charge in [0, 0.05) is 57.1 Å². The zero-order chi connectivity index (χ0) is 22.4. The van der Waals surface area contributed by atoms with Gasteiger partial charge in [-0.05, 0) is 30.7 Å². The molecule has 3 aromatic heterocycles. The van der Waals surface area contributed by atoms with E-state index in [-0.39, 0.29) is 23.3 Å². The Labute approximate surface area is 191 Å². The molecule has 0 bridgehead atoms. The maximum Gasteiger partial charge on any atom is 0.250 e. The normalized spacial score (nSPS) is 23.8. The smallest absolute Gasteiger partial charge is 0.250 e. The van der Waals surface area contributed by atoms with Crippen molar-refractivity contribution < 1.29 is 9.63 Å². The van der Waals surface area contributed by atoms with E-state index in [0.29, 0.717) is 6.61 Å². The van der Waals surface area contributed by atoms with Gasteiger partial charge in [0.1, 0.15) is 18.2 Å². The molecule has 1 aliphatic carbocycles. The Bertz CT molecular complexity index is 1160. The molecule has 0 unspecified atom stereocenters. The monoisotopic (exact) mass is 446 g/mol. The molecule has 3 aliphatic rings. The summed E-state index contributed by atoms with van der Waals surface area (Å²) in [6.45, 7) is 2.11. The van der Waals surface area contributed by atoms with Crippen molar-refractivity contribution in [1.82, 2.24) is 34.8 Å². The molecule has 1 amide bonds. The largest absolute Gasteiger partial charge is 0.356 e. The lowest BCUT2D eigenvalue weighted by molar-refractivity contribution is -0.185. The summed E-state index contributed by atoms with van der Waals surface area (Å²) in [4.78, 5) is 39.3. The first kappa shape index (κ1) is 20.2. The third-order valence-corrected chi connectivity index (χ3v) is 7.23. The van der Waals surface area contributed by atoms with Crippen LogP contribution in [0.2, 0.25) is 0 Å². The van der Waals surface area contributed by atoms with Gasteiger partial charge in [-0.3, -0.25) is 24.3 Å². The SMILES string of the molecule is Cn1nccc1-c1cc(N2CC[C@@H](C(=O)N3OCC[C@H]3c3cnccn3)C3(CC3)C2)ncn1. The lowest BCUT2D eigenvalue weighted by Crippen LogP contribution is -2.49. The Balaban J connectivity index is 1.20. The minimum Gasteiger partial charge on any atom is -0.356 e. The Morgan fingerprint density at radius 3 is 2.82 bits per heavy atom. The molecule has 170 valence electrons. The maximum atomic E-state index is 13.6. The average Bonchev–Trinajstić information content (AvgIpc) is 3.24. The van der Waals surface area contributed by atoms with E-state index < -0.39 is 0 Å². The van der Waals surface area contributed by atoms with Gasteiger partial charge in [0.05, 0.1) is 29.9 Å². The minimum atomic E-state index is -0.164. The second kappa shape index (κ2) is 7.87. The molecule has 10 heteroatoms. The van der Waals surface area contributed by atoms with Crippen LogP contribution in [-0.2, 0) is 16.7 Å². The van der Waals surface area contributed by atoms with Gasteiger partial charge in [-0.2, -0.15) is 5.10 Å². The van der Waals surface area contributed by atoms with E-state index in [2.05, 4.69) is 29.9 Å². The van der Waals surface area contributed by atoms with Crippen molar-refractivity contribution in [3.05, 3.63) is 48.9 Å². The van der Waals surface area contributed by atoms with Crippen LogP contribution in [-0.4, -0.2) is 60.4 Å². The summed E-state index contributed by atoms with van der Waals surface area (Å²) in [7, 11) is 1.90. The summed E-state index contributed by atoms with van der Waals surface area (Å²) in [5.74, 6) is 0.927. The zero-order valence-electron chi connectivity index (χ0n) is 18.5. The van der Waals surface area contributed by atoms with Gasteiger partial charge in [-0.1, -0.05) is 0 Å². The molecule has 3 aromatic rings. The Morgan fingerprint density at radius 1 is 1.15 bits per heavy atom. The number of aromatic nitrogens is 6. The van der Waals surface area contributed by atoms with Crippen LogP contribution in [0.3, 0.4) is 0 Å². The first-order valence-electron chi connectivity index (χ1n) is 11.4. The number of piperidine rings is 1. The number of anilines is 1. The molecule has 1 saturated carbocycles. The highest BCUT2D eigenvalue weighted by molar-refractivity contribution is 5.80. The number of carbonyl (C=O) groups excluding carboxylic acids is 1. The molecule has 33 heavy (non-hydrogen) atoms. The Hall–Kier alpha value is -3.40. The van der Waals surface area contributed by atoms with Crippen LogP contribution in [0.15, 0.2) is 43.2 Å². The molecule has 6 rings (SSSR count). The molecule has 2 atom stereocenters. The molecule has 1 spiro atoms. The number of hydrogen-bond donors (Lipinski definition) is 0. The molecular weight excluding hydrogens is 420 g/mol. The number of amides is 1. The van der Waals surface area contributed by atoms with Gasteiger partial charge in [-0.15, -0.1) is 0 Å². The van der Waals surface area contributed by atoms with Crippen LogP contribution >= 0.6 is 0 Å². The van der Waals surface area contributed by atoms with Crippen LogP contribution in [0.5, 0.6) is 0 Å². The molecule has 10 nitrogen and oxygen atoms in total. The van der Waals surface area contributed by atoms with Crippen molar-refractivity contribution in [2.75, 3.05) is 24.6 Å². The zero-order valence-corrected chi connectivity index (χ0v) is 18.5. The maximum absolute atomic E-state index is 13.6. The van der Waals surface area contributed by atoms with E-state index in [9.17, 15) is 4.79 Å². The van der Waals surface area contributed by atoms with Crippen LogP contribution in [0.4, 0.5) is 5.82 Å². The van der Waals surface area contributed by atoms with Crippen molar-refractivity contribution in [2.45, 2.75) is 31.7 Å². The number of nitrogens with zero attached hydrogens (tertiary/aromatic N) is 8. The minimum absolute atomic E-state index is 0.0220. The second-order valence-electron chi connectivity index (χ2n) is 9.16. The summed E-state index contributed by atoms with van der Waals surface area (Å²) in [6, 6.07) is 3.80. The molecule has 3 fully saturated rings. The van der Waals surface area contributed by atoms with Gasteiger partial charge >= 0.3 is 0 Å². The molecular formula is C23H26N8O2. The Kier molecular flexibility index (Phi) is 4.83. The fourth-order valence-electron chi connectivity index (χ4n) is 5.29. The van der Waals surface area contributed by atoms with E-state index in [1.807, 2.05) is 23.9 Å². The fraction of sp³-hybridized carbons (Fsp3) is 0.478. The fourth-order valence-corrected chi connectivity index (χ4v) is 5.29. The van der Waals surface area contributed by atoms with Gasteiger partial charge < -0.3 is 4.90 Å². The van der Waals surface area contributed by atoms with Crippen molar-refractivity contribution in [3.63, 3.8) is 0 Å². The van der Waals surface area contributed by atoms with E-state index in [1.54, 1.807) is 36.2 Å². The number of rotatable bonds is 4. The van der Waals surface area contributed by atoms with Gasteiger partial charge in [0.15, 0.2) is 0 Å². The predicted octanol–water partition coefficient (Wildman–Crippen LogP) is 2.18. The molecule has 0 N–H and O–H groups in total. The second-order valence-corrected chi connectivity index (χ2v) is 9.16. The van der Waals surface area contributed by atoms with E-state index in [1.165, 1.54) is 0 Å². The molecule has 2 aliphatic heterocycles. The van der Waals surface area contributed by atoms with Crippen LogP contribution in [0, 0.1) is 11.3 Å². The quantitative estimate of drug-likeness (QED) is 0.601. The van der Waals surface area contributed by atoms with E-state index >= 15 is 0 Å². The standard InChI is InChI=1S/C23H26N8O2/c1-29-19(2-7-28-29)17-12-21(27-15-26-17)30-10-3-16(23(14-30)5-6-23)22(32)31-20(4-11-33-31)18-13-24-8-9-25-18/h2,7-9,12-13,15-16,20H,3-6,10-11,14H2,1H3/t16-,20-/m0/s1. The number of hydrogen-bond acceptors (Lipinski definition) is 8.